The van der Waals surface area contributed by atoms with Gasteiger partial charge in [-0.1, -0.05) is 37.3 Å². The van der Waals surface area contributed by atoms with Crippen molar-refractivity contribution < 1.29 is 19.1 Å². The van der Waals surface area contributed by atoms with E-state index < -0.39 is 0 Å². The van der Waals surface area contributed by atoms with Gasteiger partial charge in [-0.3, -0.25) is 14.4 Å². The van der Waals surface area contributed by atoms with Gasteiger partial charge in [-0.25, -0.2) is 4.98 Å². The van der Waals surface area contributed by atoms with Gasteiger partial charge in [0.2, 0.25) is 5.91 Å². The van der Waals surface area contributed by atoms with Gasteiger partial charge in [0.25, 0.3) is 5.91 Å². The van der Waals surface area contributed by atoms with Gasteiger partial charge < -0.3 is 19.5 Å². The van der Waals surface area contributed by atoms with Crippen molar-refractivity contribution in [3.05, 3.63) is 59.4 Å². The number of aromatic nitrogens is 2. The largest absolute Gasteiger partial charge is 0.466 e. The van der Waals surface area contributed by atoms with Gasteiger partial charge in [-0.15, -0.1) is 0 Å². The van der Waals surface area contributed by atoms with Crippen LogP contribution < -0.4 is 5.32 Å². The van der Waals surface area contributed by atoms with Gasteiger partial charge >= 0.3 is 5.97 Å². The third-order valence-corrected chi connectivity index (χ3v) is 6.70. The fourth-order valence-corrected chi connectivity index (χ4v) is 4.87. The fraction of sp³-hybridized carbons (Fsp3) is 0.429. The van der Waals surface area contributed by atoms with E-state index in [1.165, 1.54) is 0 Å². The molecule has 0 spiro atoms. The number of hydrogen-bond donors (Lipinski definition) is 1. The Hall–Kier alpha value is -3.68. The van der Waals surface area contributed by atoms with E-state index in [1.807, 2.05) is 48.0 Å². The molecule has 1 aliphatic rings. The number of imidazole rings is 1. The molecule has 190 valence electrons. The molecule has 1 aliphatic heterocycles. The number of hydrogen-bond acceptors (Lipinski definition) is 5. The lowest BCUT2D eigenvalue weighted by Crippen LogP contribution is -2.45. The SMILES string of the molecule is CCOC(=O)CC1CCCCN1C(=O)c1cc(NC(=O)CC)cc2nc(Cc3ccccc3)n(C)c12. The third-order valence-electron chi connectivity index (χ3n) is 6.70. The predicted octanol–water partition coefficient (Wildman–Crippen LogP) is 4.46. The summed E-state index contributed by atoms with van der Waals surface area (Å²) in [4.78, 5) is 45.1. The second kappa shape index (κ2) is 11.4. The summed E-state index contributed by atoms with van der Waals surface area (Å²) in [5, 5.41) is 2.89. The van der Waals surface area contributed by atoms with E-state index in [1.54, 1.807) is 24.8 Å². The number of likely N-dealkylation sites (tertiary alicyclic amines) is 1. The van der Waals surface area contributed by atoms with E-state index in [9.17, 15) is 14.4 Å². The summed E-state index contributed by atoms with van der Waals surface area (Å²) in [5.74, 6) is 0.245. The lowest BCUT2D eigenvalue weighted by atomic mass is 9.97. The average molecular weight is 491 g/mol. The Kier molecular flexibility index (Phi) is 8.03. The Morgan fingerprint density at radius 2 is 1.89 bits per heavy atom. The maximum Gasteiger partial charge on any atom is 0.307 e. The predicted molar refractivity (Wildman–Crippen MR) is 139 cm³/mol. The fourth-order valence-electron chi connectivity index (χ4n) is 4.87. The first-order valence-electron chi connectivity index (χ1n) is 12.7. The number of anilines is 1. The molecule has 36 heavy (non-hydrogen) atoms. The zero-order valence-corrected chi connectivity index (χ0v) is 21.3. The number of carbonyl (C=O) groups excluding carboxylic acids is 3. The second-order valence-electron chi connectivity index (χ2n) is 9.20. The van der Waals surface area contributed by atoms with Crippen LogP contribution in [0.4, 0.5) is 5.69 Å². The van der Waals surface area contributed by atoms with Gasteiger partial charge in [-0.2, -0.15) is 0 Å². The van der Waals surface area contributed by atoms with Gasteiger partial charge in [0, 0.05) is 38.2 Å². The Bertz CT molecular complexity index is 1250. The molecule has 2 aromatic carbocycles. The number of ether oxygens (including phenoxy) is 1. The van der Waals surface area contributed by atoms with E-state index in [-0.39, 0.29) is 30.2 Å². The number of nitrogens with one attached hydrogen (secondary N) is 1. The molecule has 0 bridgehead atoms. The number of piperidine rings is 1. The minimum Gasteiger partial charge on any atom is -0.466 e. The highest BCUT2D eigenvalue weighted by molar-refractivity contribution is 6.08. The number of rotatable bonds is 8. The van der Waals surface area contributed by atoms with Crippen LogP contribution in [-0.2, 0) is 27.8 Å². The number of nitrogens with zero attached hydrogens (tertiary/aromatic N) is 3. The van der Waals surface area contributed by atoms with Crippen LogP contribution in [0.1, 0.15) is 67.7 Å². The van der Waals surface area contributed by atoms with Crippen LogP contribution in [0.3, 0.4) is 0 Å². The molecule has 2 amide bonds. The van der Waals surface area contributed by atoms with E-state index in [0.717, 1.165) is 36.2 Å². The molecule has 0 saturated carbocycles. The van der Waals surface area contributed by atoms with Gasteiger partial charge in [0.15, 0.2) is 0 Å². The normalized spacial score (nSPS) is 15.6. The molecule has 8 nitrogen and oxygen atoms in total. The quantitative estimate of drug-likeness (QED) is 0.471. The molecule has 8 heteroatoms. The van der Waals surface area contributed by atoms with E-state index in [4.69, 9.17) is 9.72 Å². The smallest absolute Gasteiger partial charge is 0.307 e. The lowest BCUT2D eigenvalue weighted by molar-refractivity contribution is -0.144. The van der Waals surface area contributed by atoms with Crippen LogP contribution in [0, 0.1) is 0 Å². The molecule has 4 rings (SSSR count). The molecule has 0 aliphatic carbocycles. The van der Waals surface area contributed by atoms with Crippen molar-refractivity contribution in [2.45, 2.75) is 58.4 Å². The number of amides is 2. The van der Waals surface area contributed by atoms with Crippen molar-refractivity contribution in [3.8, 4) is 0 Å². The standard InChI is InChI=1S/C28H34N4O4/c1-4-25(33)29-20-16-22(28(35)32-14-10-9-13-21(32)18-26(34)36-5-2)27-23(17-20)30-24(31(27)3)15-19-11-7-6-8-12-19/h6-8,11-12,16-17,21H,4-5,9-10,13-15,18H2,1-3H3,(H,29,33). The van der Waals surface area contributed by atoms with E-state index >= 15 is 0 Å². The summed E-state index contributed by atoms with van der Waals surface area (Å²) < 4.78 is 7.13. The lowest BCUT2D eigenvalue weighted by Gasteiger charge is -2.35. The molecule has 1 unspecified atom stereocenters. The number of aryl methyl sites for hydroxylation is 1. The molecule has 1 fully saturated rings. The Labute approximate surface area is 211 Å². The molecule has 1 saturated heterocycles. The van der Waals surface area contributed by atoms with Crippen molar-refractivity contribution in [1.29, 1.82) is 0 Å². The zero-order valence-electron chi connectivity index (χ0n) is 21.3. The molecule has 1 N–H and O–H groups in total. The zero-order chi connectivity index (χ0) is 25.7. The summed E-state index contributed by atoms with van der Waals surface area (Å²) in [6.45, 7) is 4.46. The van der Waals surface area contributed by atoms with Crippen LogP contribution >= 0.6 is 0 Å². The highest BCUT2D eigenvalue weighted by Crippen LogP contribution is 2.30. The van der Waals surface area contributed by atoms with Crippen molar-refractivity contribution in [2.75, 3.05) is 18.5 Å². The highest BCUT2D eigenvalue weighted by atomic mass is 16.5. The minimum atomic E-state index is -0.290. The average Bonchev–Trinajstić information content (AvgIpc) is 3.18. The molecule has 1 atom stereocenters. The summed E-state index contributed by atoms with van der Waals surface area (Å²) in [5.41, 5.74) is 3.51. The third kappa shape index (κ3) is 5.58. The van der Waals surface area contributed by atoms with Crippen LogP contribution in [0.2, 0.25) is 0 Å². The molecule has 3 aromatic rings. The maximum atomic E-state index is 14.0. The monoisotopic (exact) mass is 490 g/mol. The highest BCUT2D eigenvalue weighted by Gasteiger charge is 2.31. The van der Waals surface area contributed by atoms with Gasteiger partial charge in [-0.05, 0) is 43.9 Å². The molecule has 1 aromatic heterocycles. The van der Waals surface area contributed by atoms with Gasteiger partial charge in [0.05, 0.1) is 29.6 Å². The summed E-state index contributed by atoms with van der Waals surface area (Å²) in [6.07, 6.45) is 3.72. The van der Waals surface area contributed by atoms with Crippen molar-refractivity contribution in [3.63, 3.8) is 0 Å². The van der Waals surface area contributed by atoms with E-state index in [2.05, 4.69) is 5.32 Å². The maximum absolute atomic E-state index is 14.0. The Morgan fingerprint density at radius 1 is 1.11 bits per heavy atom. The molecular weight excluding hydrogens is 456 g/mol. The minimum absolute atomic E-state index is 0.133. The first-order valence-corrected chi connectivity index (χ1v) is 12.7. The Balaban J connectivity index is 1.75. The summed E-state index contributed by atoms with van der Waals surface area (Å²) in [7, 11) is 1.92. The Morgan fingerprint density at radius 3 is 2.61 bits per heavy atom. The summed E-state index contributed by atoms with van der Waals surface area (Å²) >= 11 is 0. The number of fused-ring (bicyclic) bond motifs is 1. The topological polar surface area (TPSA) is 93.5 Å². The number of benzene rings is 2. The summed E-state index contributed by atoms with van der Waals surface area (Å²) in [6, 6.07) is 13.4. The molecular formula is C28H34N4O4. The number of carbonyl (C=O) groups is 3. The molecule has 2 heterocycles. The first-order chi connectivity index (χ1) is 17.4. The number of esters is 1. The van der Waals surface area contributed by atoms with Gasteiger partial charge in [0.1, 0.15) is 5.82 Å². The van der Waals surface area contributed by atoms with Crippen LogP contribution in [0.5, 0.6) is 0 Å². The van der Waals surface area contributed by atoms with Crippen molar-refractivity contribution in [2.24, 2.45) is 7.05 Å². The van der Waals surface area contributed by atoms with Crippen LogP contribution in [0.25, 0.3) is 11.0 Å². The van der Waals surface area contributed by atoms with Crippen LogP contribution in [-0.4, -0.2) is 51.4 Å². The van der Waals surface area contributed by atoms with Crippen molar-refractivity contribution >= 4 is 34.5 Å². The second-order valence-corrected chi connectivity index (χ2v) is 9.20. The van der Waals surface area contributed by atoms with Crippen LogP contribution in [0.15, 0.2) is 42.5 Å². The van der Waals surface area contributed by atoms with E-state index in [0.29, 0.717) is 42.8 Å². The molecule has 0 radical (unpaired) electrons. The first kappa shape index (κ1) is 25.4. The van der Waals surface area contributed by atoms with Crippen molar-refractivity contribution in [1.82, 2.24) is 14.5 Å².